The van der Waals surface area contributed by atoms with Gasteiger partial charge in [0.25, 0.3) is 0 Å². The van der Waals surface area contributed by atoms with Crippen molar-refractivity contribution in [1.29, 1.82) is 0 Å². The van der Waals surface area contributed by atoms with Crippen LogP contribution >= 0.6 is 0 Å². The van der Waals surface area contributed by atoms with E-state index in [4.69, 9.17) is 18.9 Å². The SMILES string of the molecule is CCCCCCCCC1OC1CCCCCCCC(=O)OCCCCCCOC(=O)CCCCCCCC1OC1CCCCCCCC. The maximum atomic E-state index is 12.0. The predicted molar refractivity (Wildman–Crippen MR) is 198 cm³/mol. The summed E-state index contributed by atoms with van der Waals surface area (Å²) in [5, 5.41) is 0. The molecule has 4 unspecified atom stereocenters. The third-order valence-corrected chi connectivity index (χ3v) is 10.4. The summed E-state index contributed by atoms with van der Waals surface area (Å²) in [6.07, 6.45) is 39.7. The van der Waals surface area contributed by atoms with Gasteiger partial charge in [0, 0.05) is 12.8 Å². The van der Waals surface area contributed by atoms with Crippen LogP contribution in [0.5, 0.6) is 0 Å². The molecule has 0 aromatic rings. The maximum absolute atomic E-state index is 12.0. The van der Waals surface area contributed by atoms with Crippen molar-refractivity contribution in [3.63, 3.8) is 0 Å². The first-order valence-electron chi connectivity index (χ1n) is 21.3. The van der Waals surface area contributed by atoms with Gasteiger partial charge >= 0.3 is 11.9 Å². The van der Waals surface area contributed by atoms with Crippen LogP contribution in [0, 0.1) is 0 Å². The Labute approximate surface area is 296 Å². The molecule has 6 heteroatoms. The molecule has 0 radical (unpaired) electrons. The molecule has 2 aliphatic rings. The molecule has 4 atom stereocenters. The molecule has 2 saturated heterocycles. The van der Waals surface area contributed by atoms with Crippen LogP contribution in [0.15, 0.2) is 0 Å². The van der Waals surface area contributed by atoms with Crippen LogP contribution in [-0.2, 0) is 28.5 Å². The minimum Gasteiger partial charge on any atom is -0.466 e. The number of ether oxygens (including phenoxy) is 4. The molecule has 48 heavy (non-hydrogen) atoms. The summed E-state index contributed by atoms with van der Waals surface area (Å²) in [6, 6.07) is 0. The summed E-state index contributed by atoms with van der Waals surface area (Å²) in [5.41, 5.74) is 0. The molecule has 0 aromatic heterocycles. The second-order valence-corrected chi connectivity index (χ2v) is 15.0. The van der Waals surface area contributed by atoms with E-state index in [0.29, 0.717) is 50.5 Å². The van der Waals surface area contributed by atoms with Crippen LogP contribution < -0.4 is 0 Å². The molecule has 2 rings (SSSR count). The van der Waals surface area contributed by atoms with Crippen molar-refractivity contribution < 1.29 is 28.5 Å². The summed E-state index contributed by atoms with van der Waals surface area (Å²) >= 11 is 0. The third-order valence-electron chi connectivity index (χ3n) is 10.4. The Morgan fingerprint density at radius 1 is 0.375 bits per heavy atom. The van der Waals surface area contributed by atoms with Gasteiger partial charge in [-0.25, -0.2) is 0 Å². The molecule has 6 nitrogen and oxygen atoms in total. The van der Waals surface area contributed by atoms with Crippen LogP contribution in [0.3, 0.4) is 0 Å². The Morgan fingerprint density at radius 2 is 0.646 bits per heavy atom. The minimum atomic E-state index is -0.0581. The number of hydrogen-bond donors (Lipinski definition) is 0. The fraction of sp³-hybridized carbons (Fsp3) is 0.952. The van der Waals surface area contributed by atoms with Crippen molar-refractivity contribution in [2.45, 2.75) is 244 Å². The first kappa shape index (κ1) is 43.0. The average Bonchev–Trinajstić information content (AvgIpc) is 4.01. The summed E-state index contributed by atoms with van der Waals surface area (Å²) < 4.78 is 22.5. The van der Waals surface area contributed by atoms with Crippen molar-refractivity contribution in [2.75, 3.05) is 13.2 Å². The Balaban J connectivity index is 1.21. The fourth-order valence-electron chi connectivity index (χ4n) is 6.99. The summed E-state index contributed by atoms with van der Waals surface area (Å²) in [4.78, 5) is 24.0. The van der Waals surface area contributed by atoms with Crippen molar-refractivity contribution in [3.8, 4) is 0 Å². The molecule has 0 aromatic carbocycles. The highest BCUT2D eigenvalue weighted by atomic mass is 16.6. The van der Waals surface area contributed by atoms with Crippen molar-refractivity contribution in [1.82, 2.24) is 0 Å². The summed E-state index contributed by atoms with van der Waals surface area (Å²) in [6.45, 7) is 5.55. The number of hydrogen-bond acceptors (Lipinski definition) is 6. The Kier molecular flexibility index (Phi) is 27.5. The highest BCUT2D eigenvalue weighted by Gasteiger charge is 2.37. The van der Waals surface area contributed by atoms with Crippen LogP contribution in [0.2, 0.25) is 0 Å². The lowest BCUT2D eigenvalue weighted by Crippen LogP contribution is -2.07. The standard InChI is InChI=1S/C42H78O6/c1-3-5-7-9-13-21-29-37-39(47-37)31-23-15-11-17-25-33-41(43)45-35-27-19-20-28-36-46-42(44)34-26-18-12-16-24-32-40-38(48-40)30-22-14-10-8-6-4-2/h37-40H,3-36H2,1-2H3. The third kappa shape index (κ3) is 25.8. The summed E-state index contributed by atoms with van der Waals surface area (Å²) in [5.74, 6) is -0.116. The lowest BCUT2D eigenvalue weighted by Gasteiger charge is -2.06. The lowest BCUT2D eigenvalue weighted by atomic mass is 10.0. The molecule has 0 aliphatic carbocycles. The van der Waals surface area contributed by atoms with Gasteiger partial charge < -0.3 is 18.9 Å². The zero-order chi connectivity index (χ0) is 34.3. The average molecular weight is 679 g/mol. The Morgan fingerprint density at radius 3 is 0.979 bits per heavy atom. The van der Waals surface area contributed by atoms with Gasteiger partial charge in [0.1, 0.15) is 0 Å². The quantitative estimate of drug-likeness (QED) is 0.0370. The van der Waals surface area contributed by atoms with Gasteiger partial charge in [-0.2, -0.15) is 0 Å². The largest absolute Gasteiger partial charge is 0.466 e. The van der Waals surface area contributed by atoms with E-state index in [9.17, 15) is 9.59 Å². The highest BCUT2D eigenvalue weighted by Crippen LogP contribution is 2.33. The molecule has 0 amide bonds. The Bertz CT molecular complexity index is 694. The molecule has 2 fully saturated rings. The first-order chi connectivity index (χ1) is 23.6. The number of rotatable bonds is 37. The maximum Gasteiger partial charge on any atom is 0.305 e. The van der Waals surface area contributed by atoms with Crippen molar-refractivity contribution in [3.05, 3.63) is 0 Å². The molecule has 2 heterocycles. The number of esters is 2. The smallest absolute Gasteiger partial charge is 0.305 e. The fourth-order valence-corrected chi connectivity index (χ4v) is 6.99. The zero-order valence-electron chi connectivity index (χ0n) is 31.8. The van der Waals surface area contributed by atoms with Crippen LogP contribution in [0.25, 0.3) is 0 Å². The van der Waals surface area contributed by atoms with Gasteiger partial charge in [0.15, 0.2) is 0 Å². The molecule has 282 valence electrons. The number of unbranched alkanes of at least 4 members (excludes halogenated alkanes) is 21. The topological polar surface area (TPSA) is 77.7 Å². The lowest BCUT2D eigenvalue weighted by molar-refractivity contribution is -0.145. The van der Waals surface area contributed by atoms with E-state index in [1.807, 2.05) is 0 Å². The highest BCUT2D eigenvalue weighted by molar-refractivity contribution is 5.69. The molecule has 2 aliphatic heterocycles. The van der Waals surface area contributed by atoms with E-state index in [1.165, 1.54) is 141 Å². The number of carbonyl (C=O) groups excluding carboxylic acids is 2. The molecule has 0 saturated carbocycles. The van der Waals surface area contributed by atoms with E-state index in [1.54, 1.807) is 0 Å². The molecule has 0 N–H and O–H groups in total. The van der Waals surface area contributed by atoms with Crippen molar-refractivity contribution >= 4 is 11.9 Å². The van der Waals surface area contributed by atoms with E-state index in [2.05, 4.69) is 13.8 Å². The minimum absolute atomic E-state index is 0.0581. The van der Waals surface area contributed by atoms with E-state index < -0.39 is 0 Å². The molecular weight excluding hydrogens is 600 g/mol. The van der Waals surface area contributed by atoms with Gasteiger partial charge in [-0.05, 0) is 64.2 Å². The molecule has 0 spiro atoms. The van der Waals surface area contributed by atoms with Crippen LogP contribution in [0.1, 0.15) is 219 Å². The van der Waals surface area contributed by atoms with Crippen LogP contribution in [0.4, 0.5) is 0 Å². The van der Waals surface area contributed by atoms with Gasteiger partial charge in [-0.3, -0.25) is 9.59 Å². The van der Waals surface area contributed by atoms with E-state index in [-0.39, 0.29) is 11.9 Å². The van der Waals surface area contributed by atoms with Gasteiger partial charge in [-0.15, -0.1) is 0 Å². The Hall–Kier alpha value is -1.14. The van der Waals surface area contributed by atoms with E-state index >= 15 is 0 Å². The second-order valence-electron chi connectivity index (χ2n) is 15.0. The summed E-state index contributed by atoms with van der Waals surface area (Å²) in [7, 11) is 0. The first-order valence-corrected chi connectivity index (χ1v) is 21.3. The van der Waals surface area contributed by atoms with Crippen LogP contribution in [-0.4, -0.2) is 49.6 Å². The van der Waals surface area contributed by atoms with Crippen molar-refractivity contribution in [2.24, 2.45) is 0 Å². The normalized spacial score (nSPS) is 19.8. The zero-order valence-corrected chi connectivity index (χ0v) is 31.8. The predicted octanol–water partition coefficient (Wildman–Crippen LogP) is 12.1. The van der Waals surface area contributed by atoms with Gasteiger partial charge in [-0.1, -0.05) is 142 Å². The van der Waals surface area contributed by atoms with E-state index in [0.717, 1.165) is 51.4 Å². The second kappa shape index (κ2) is 30.7. The number of epoxide rings is 2. The van der Waals surface area contributed by atoms with Gasteiger partial charge in [0.2, 0.25) is 0 Å². The molecule has 0 bridgehead atoms. The van der Waals surface area contributed by atoms with Gasteiger partial charge in [0.05, 0.1) is 37.6 Å². The number of carbonyl (C=O) groups is 2. The monoisotopic (exact) mass is 679 g/mol. The molecular formula is C42H78O6.